The van der Waals surface area contributed by atoms with Crippen LogP contribution >= 0.6 is 0 Å². The van der Waals surface area contributed by atoms with E-state index in [2.05, 4.69) is 116 Å². The molecular weight excluding hydrogens is 614 g/mol. The van der Waals surface area contributed by atoms with E-state index in [0.717, 1.165) is 37.5 Å². The van der Waals surface area contributed by atoms with Crippen molar-refractivity contribution in [2.24, 2.45) is 0 Å². The van der Waals surface area contributed by atoms with Gasteiger partial charge >= 0.3 is 14.2 Å². The average Bonchev–Trinajstić information content (AvgIpc) is 3.39. The van der Waals surface area contributed by atoms with Crippen LogP contribution in [0.15, 0.2) is 60.7 Å². The van der Waals surface area contributed by atoms with Crippen LogP contribution in [0.5, 0.6) is 0 Å². The summed E-state index contributed by atoms with van der Waals surface area (Å²) in [6.45, 7) is 17.3. The van der Waals surface area contributed by atoms with Crippen molar-refractivity contribution in [3.05, 3.63) is 94.0 Å². The lowest BCUT2D eigenvalue weighted by molar-refractivity contribution is 0.00578. The van der Waals surface area contributed by atoms with Crippen LogP contribution in [-0.2, 0) is 44.3 Å². The Bertz CT molecular complexity index is 1520. The van der Waals surface area contributed by atoms with Crippen LogP contribution in [-0.4, -0.2) is 36.6 Å². The Morgan fingerprint density at radius 1 is 0.500 bits per heavy atom. The van der Waals surface area contributed by atoms with Gasteiger partial charge in [-0.3, -0.25) is 0 Å². The van der Waals surface area contributed by atoms with Crippen LogP contribution in [0.3, 0.4) is 0 Å². The number of hydrogen-bond acceptors (Lipinski definition) is 4. The number of fused-ring (bicyclic) bond motifs is 2. The first-order valence-corrected chi connectivity index (χ1v) is 19.8. The Labute approximate surface area is 303 Å². The van der Waals surface area contributed by atoms with Crippen molar-refractivity contribution in [2.75, 3.05) is 0 Å². The second-order valence-corrected chi connectivity index (χ2v) is 17.8. The monoisotopic (exact) mass is 674 g/mol. The van der Waals surface area contributed by atoms with Gasteiger partial charge in [0.15, 0.2) is 0 Å². The van der Waals surface area contributed by atoms with E-state index in [9.17, 15) is 0 Å². The van der Waals surface area contributed by atoms with E-state index in [-0.39, 0.29) is 14.2 Å². The van der Waals surface area contributed by atoms with E-state index < -0.39 is 22.4 Å². The van der Waals surface area contributed by atoms with Gasteiger partial charge < -0.3 is 18.6 Å². The fraction of sp³-hybridized carbons (Fsp3) is 0.591. The molecule has 4 nitrogen and oxygen atoms in total. The third-order valence-corrected chi connectivity index (χ3v) is 13.3. The second kappa shape index (κ2) is 13.9. The summed E-state index contributed by atoms with van der Waals surface area (Å²) in [6.07, 6.45) is 14.3. The standard InChI is InChI=1S/C44H60B2O4/c1-41(2)42(3,4)48-45(47-41)39-29-36(24-14-10-12-20-32-28-34-22-16-18-26-38(32)34)40(46-49-43(5,6)44(7,8)50-46)30-35(39)23-13-9-11-19-31-27-33-21-15-17-25-37(31)33/h15-18,21-22,25-26,29-32H,9-14,19-20,23-24,27-28H2,1-8H3. The first kappa shape index (κ1) is 36.0. The van der Waals surface area contributed by atoms with E-state index >= 15 is 0 Å². The van der Waals surface area contributed by atoms with Gasteiger partial charge in [0.1, 0.15) is 0 Å². The Morgan fingerprint density at radius 3 is 1.22 bits per heavy atom. The number of hydrogen-bond donors (Lipinski definition) is 0. The van der Waals surface area contributed by atoms with Crippen LogP contribution in [0.25, 0.3) is 0 Å². The van der Waals surface area contributed by atoms with Gasteiger partial charge in [0.05, 0.1) is 22.4 Å². The van der Waals surface area contributed by atoms with E-state index in [0.29, 0.717) is 0 Å². The van der Waals surface area contributed by atoms with Gasteiger partial charge in [0.2, 0.25) is 0 Å². The molecule has 0 radical (unpaired) electrons. The highest BCUT2D eigenvalue weighted by molar-refractivity contribution is 6.65. The Kier molecular flexibility index (Phi) is 10.00. The quantitative estimate of drug-likeness (QED) is 0.126. The molecule has 6 heteroatoms. The summed E-state index contributed by atoms with van der Waals surface area (Å²) >= 11 is 0. The molecule has 2 fully saturated rings. The number of benzene rings is 3. The number of aryl methyl sites for hydroxylation is 2. The van der Waals surface area contributed by atoms with Gasteiger partial charge in [0.25, 0.3) is 0 Å². The molecule has 0 N–H and O–H groups in total. The largest absolute Gasteiger partial charge is 0.495 e. The van der Waals surface area contributed by atoms with E-state index in [1.807, 2.05) is 0 Å². The minimum Gasteiger partial charge on any atom is -0.399 e. The first-order valence-electron chi connectivity index (χ1n) is 19.8. The zero-order valence-electron chi connectivity index (χ0n) is 32.2. The molecule has 4 aliphatic rings. The third kappa shape index (κ3) is 7.04. The van der Waals surface area contributed by atoms with Crippen molar-refractivity contribution in [1.29, 1.82) is 0 Å². The second-order valence-electron chi connectivity index (χ2n) is 17.8. The summed E-state index contributed by atoms with van der Waals surface area (Å²) in [5.74, 6) is 1.48. The van der Waals surface area contributed by atoms with Crippen molar-refractivity contribution >= 4 is 25.2 Å². The minimum absolute atomic E-state index is 0.383. The molecule has 3 aromatic carbocycles. The van der Waals surface area contributed by atoms with Crippen LogP contribution in [0, 0.1) is 0 Å². The predicted octanol–water partition coefficient (Wildman–Crippen LogP) is 9.17. The molecule has 2 unspecified atom stereocenters. The zero-order valence-corrected chi connectivity index (χ0v) is 32.2. The predicted molar refractivity (Wildman–Crippen MR) is 208 cm³/mol. The molecule has 266 valence electrons. The van der Waals surface area contributed by atoms with Crippen molar-refractivity contribution in [2.45, 2.75) is 167 Å². The molecule has 2 saturated heterocycles. The molecule has 2 aliphatic carbocycles. The highest BCUT2D eigenvalue weighted by Gasteiger charge is 2.54. The molecule has 0 saturated carbocycles. The van der Waals surface area contributed by atoms with Crippen LogP contribution in [0.2, 0.25) is 0 Å². The smallest absolute Gasteiger partial charge is 0.399 e. The summed E-state index contributed by atoms with van der Waals surface area (Å²) in [7, 11) is -0.766. The molecule has 7 rings (SSSR count). The molecule has 2 heterocycles. The molecule has 0 amide bonds. The van der Waals surface area contributed by atoms with Crippen molar-refractivity contribution in [3.8, 4) is 0 Å². The molecule has 50 heavy (non-hydrogen) atoms. The lowest BCUT2D eigenvalue weighted by Crippen LogP contribution is -2.43. The van der Waals surface area contributed by atoms with E-state index in [4.69, 9.17) is 18.6 Å². The Morgan fingerprint density at radius 2 is 0.860 bits per heavy atom. The van der Waals surface area contributed by atoms with Crippen molar-refractivity contribution in [1.82, 2.24) is 0 Å². The molecule has 0 spiro atoms. The first-order chi connectivity index (χ1) is 23.7. The van der Waals surface area contributed by atoms with E-state index in [1.54, 1.807) is 22.3 Å². The minimum atomic E-state index is -0.390. The summed E-state index contributed by atoms with van der Waals surface area (Å²) in [6, 6.07) is 22.8. The van der Waals surface area contributed by atoms with Crippen LogP contribution < -0.4 is 10.9 Å². The lowest BCUT2D eigenvalue weighted by Gasteiger charge is -2.32. The number of unbranched alkanes of at least 4 members (excludes halogenated alkanes) is 4. The maximum absolute atomic E-state index is 6.72. The summed E-state index contributed by atoms with van der Waals surface area (Å²) in [4.78, 5) is 0. The Hall–Kier alpha value is -2.37. The normalized spacial score (nSPS) is 23.7. The topological polar surface area (TPSA) is 36.9 Å². The zero-order chi connectivity index (χ0) is 35.3. The fourth-order valence-electron chi connectivity index (χ4n) is 8.55. The molecule has 0 bridgehead atoms. The molecular formula is C44H60B2O4. The molecule has 2 aliphatic heterocycles. The molecule has 2 atom stereocenters. The molecule has 0 aromatic heterocycles. The van der Waals surface area contributed by atoms with Crippen LogP contribution in [0.1, 0.15) is 152 Å². The third-order valence-electron chi connectivity index (χ3n) is 13.3. The van der Waals surface area contributed by atoms with Gasteiger partial charge in [-0.1, -0.05) is 86.3 Å². The highest BCUT2D eigenvalue weighted by atomic mass is 16.7. The lowest BCUT2D eigenvalue weighted by atomic mass is 9.67. The van der Waals surface area contributed by atoms with Gasteiger partial charge in [-0.2, -0.15) is 0 Å². The summed E-state index contributed by atoms with van der Waals surface area (Å²) in [5, 5.41) is 0. The highest BCUT2D eigenvalue weighted by Crippen LogP contribution is 2.41. The van der Waals surface area contributed by atoms with Gasteiger partial charge in [0, 0.05) is 0 Å². The Balaban J connectivity index is 1.08. The summed E-state index contributed by atoms with van der Waals surface area (Å²) in [5.41, 5.74) is 9.70. The van der Waals surface area contributed by atoms with Crippen LogP contribution in [0.4, 0.5) is 0 Å². The molecule has 3 aromatic rings. The summed E-state index contributed by atoms with van der Waals surface area (Å²) < 4.78 is 26.9. The van der Waals surface area contributed by atoms with Crippen molar-refractivity contribution < 1.29 is 18.6 Å². The van der Waals surface area contributed by atoms with Gasteiger partial charge in [-0.25, -0.2) is 0 Å². The van der Waals surface area contributed by atoms with Gasteiger partial charge in [-0.15, -0.1) is 0 Å². The fourth-order valence-corrected chi connectivity index (χ4v) is 8.55. The SMILES string of the molecule is CC1(C)OB(c2cc(CCCCCC3Cc4ccccc43)c(B3OC(C)(C)C(C)(C)O3)cc2CCCCCC2Cc3ccccc32)OC1(C)C. The maximum atomic E-state index is 6.72. The van der Waals surface area contributed by atoms with E-state index in [1.165, 1.54) is 73.4 Å². The average molecular weight is 675 g/mol. The van der Waals surface area contributed by atoms with Gasteiger partial charge in [-0.05, 0) is 163 Å². The van der Waals surface area contributed by atoms with Crippen molar-refractivity contribution in [3.63, 3.8) is 0 Å². The maximum Gasteiger partial charge on any atom is 0.495 e. The number of rotatable bonds is 14.